The third-order valence-corrected chi connectivity index (χ3v) is 2.26. The minimum Gasteiger partial charge on any atom is -0.465 e. The van der Waals surface area contributed by atoms with Crippen LogP contribution in [-0.4, -0.2) is 24.4 Å². The summed E-state index contributed by atoms with van der Waals surface area (Å²) in [5, 5.41) is 0. The first-order valence-corrected chi connectivity index (χ1v) is 5.14. The third-order valence-electron chi connectivity index (χ3n) is 2.26. The van der Waals surface area contributed by atoms with Crippen molar-refractivity contribution in [2.75, 3.05) is 7.11 Å². The van der Waals surface area contributed by atoms with Gasteiger partial charge >= 0.3 is 18.5 Å². The van der Waals surface area contributed by atoms with Crippen LogP contribution in [-0.2, 0) is 17.5 Å². The van der Waals surface area contributed by atoms with Gasteiger partial charge in [0, 0.05) is 12.7 Å². The number of nitrogens with zero attached hydrogens (tertiary/aromatic N) is 1. The molecule has 0 unspecified atom stereocenters. The zero-order valence-electron chi connectivity index (χ0n) is 10.3. The highest BCUT2D eigenvalue weighted by molar-refractivity contribution is 5.91. The van der Waals surface area contributed by atoms with Crippen molar-refractivity contribution < 1.29 is 40.6 Å². The fourth-order valence-corrected chi connectivity index (χ4v) is 1.51. The van der Waals surface area contributed by atoms with Crippen LogP contribution in [0.5, 0.6) is 5.88 Å². The molecule has 0 aliphatic carbocycles. The van der Waals surface area contributed by atoms with E-state index < -0.39 is 47.6 Å². The molecular weight excluding hydrogens is 310 g/mol. The summed E-state index contributed by atoms with van der Waals surface area (Å²) < 4.78 is 82.6. The van der Waals surface area contributed by atoms with Crippen LogP contribution in [0.25, 0.3) is 0 Å². The number of hydrogen-bond donors (Lipinski definition) is 1. The van der Waals surface area contributed by atoms with Gasteiger partial charge in [-0.15, -0.1) is 13.2 Å². The maximum Gasteiger partial charge on any atom is 0.574 e. The third kappa shape index (κ3) is 3.97. The molecule has 1 heterocycles. The standard InChI is InChI=1S/C10H8F6N2O3/c1-20-8(19)5-3-18-7(21-10(14,15)16)6(4(5)2-17)9(11,12)13/h3H,2,17H2,1H3. The first kappa shape index (κ1) is 17.0. The smallest absolute Gasteiger partial charge is 0.465 e. The lowest BCUT2D eigenvalue weighted by Crippen LogP contribution is -2.24. The van der Waals surface area contributed by atoms with E-state index in [4.69, 9.17) is 5.73 Å². The molecule has 0 spiro atoms. The first-order chi connectivity index (χ1) is 9.51. The van der Waals surface area contributed by atoms with Crippen LogP contribution in [0.3, 0.4) is 0 Å². The Kier molecular flexibility index (Phi) is 4.66. The summed E-state index contributed by atoms with van der Waals surface area (Å²) in [6, 6.07) is 0. The molecule has 5 nitrogen and oxygen atoms in total. The van der Waals surface area contributed by atoms with Crippen LogP contribution >= 0.6 is 0 Å². The van der Waals surface area contributed by atoms with Gasteiger partial charge in [-0.2, -0.15) is 13.2 Å². The lowest BCUT2D eigenvalue weighted by Gasteiger charge is -2.18. The van der Waals surface area contributed by atoms with Crippen molar-refractivity contribution >= 4 is 5.97 Å². The Labute approximate surface area is 113 Å². The molecule has 0 atom stereocenters. The summed E-state index contributed by atoms with van der Waals surface area (Å²) in [4.78, 5) is 14.2. The van der Waals surface area contributed by atoms with Crippen molar-refractivity contribution in [2.45, 2.75) is 19.1 Å². The number of carbonyl (C=O) groups excluding carboxylic acids is 1. The van der Waals surface area contributed by atoms with Crippen LogP contribution < -0.4 is 10.5 Å². The Bertz CT molecular complexity index is 541. The zero-order valence-corrected chi connectivity index (χ0v) is 10.3. The van der Waals surface area contributed by atoms with Crippen molar-refractivity contribution in [3.63, 3.8) is 0 Å². The lowest BCUT2D eigenvalue weighted by atomic mass is 10.0. The average molecular weight is 318 g/mol. The summed E-state index contributed by atoms with van der Waals surface area (Å²) in [6.07, 6.45) is -10.2. The largest absolute Gasteiger partial charge is 0.574 e. The second kappa shape index (κ2) is 5.76. The molecule has 11 heteroatoms. The van der Waals surface area contributed by atoms with Gasteiger partial charge in [0.05, 0.1) is 12.7 Å². The number of rotatable bonds is 3. The van der Waals surface area contributed by atoms with Crippen molar-refractivity contribution in [3.05, 3.63) is 22.9 Å². The molecule has 0 amide bonds. The van der Waals surface area contributed by atoms with Gasteiger partial charge in [0.2, 0.25) is 5.88 Å². The Morgan fingerprint density at radius 2 is 1.86 bits per heavy atom. The Hall–Kier alpha value is -2.04. The minimum atomic E-state index is -5.38. The predicted octanol–water partition coefficient (Wildman–Crippen LogP) is 2.24. The molecular formula is C10H8F6N2O3. The van der Waals surface area contributed by atoms with Crippen LogP contribution in [0.2, 0.25) is 0 Å². The first-order valence-electron chi connectivity index (χ1n) is 5.14. The van der Waals surface area contributed by atoms with Gasteiger partial charge in [0.1, 0.15) is 5.56 Å². The summed E-state index contributed by atoms with van der Waals surface area (Å²) in [5.74, 6) is -2.95. The van der Waals surface area contributed by atoms with E-state index in [1.54, 1.807) is 0 Å². The van der Waals surface area contributed by atoms with Crippen LogP contribution in [0.1, 0.15) is 21.5 Å². The molecule has 0 fully saturated rings. The SMILES string of the molecule is COC(=O)c1cnc(OC(F)(F)F)c(C(F)(F)F)c1CN. The normalized spacial score (nSPS) is 12.2. The highest BCUT2D eigenvalue weighted by Gasteiger charge is 2.43. The maximum absolute atomic E-state index is 12.9. The second-order valence-corrected chi connectivity index (χ2v) is 3.57. The van der Waals surface area contributed by atoms with Crippen LogP contribution in [0.4, 0.5) is 26.3 Å². The van der Waals surface area contributed by atoms with E-state index in [1.165, 1.54) is 0 Å². The van der Waals surface area contributed by atoms with Crippen molar-refractivity contribution in [1.29, 1.82) is 0 Å². The molecule has 21 heavy (non-hydrogen) atoms. The monoisotopic (exact) mass is 318 g/mol. The number of pyridine rings is 1. The highest BCUT2D eigenvalue weighted by Crippen LogP contribution is 2.40. The molecule has 1 aromatic rings. The minimum absolute atomic E-state index is 0.477. The number of methoxy groups -OCH3 is 1. The molecule has 0 bridgehead atoms. The Morgan fingerprint density at radius 3 is 2.24 bits per heavy atom. The van der Waals surface area contributed by atoms with E-state index in [0.717, 1.165) is 7.11 Å². The van der Waals surface area contributed by atoms with Gasteiger partial charge in [-0.05, 0) is 5.56 Å². The molecule has 0 saturated carbocycles. The van der Waals surface area contributed by atoms with E-state index >= 15 is 0 Å². The topological polar surface area (TPSA) is 74.4 Å². The zero-order chi connectivity index (χ0) is 16.4. The van der Waals surface area contributed by atoms with E-state index in [0.29, 0.717) is 6.20 Å². The number of hydrogen-bond acceptors (Lipinski definition) is 5. The van der Waals surface area contributed by atoms with E-state index in [-0.39, 0.29) is 0 Å². The predicted molar refractivity (Wildman–Crippen MR) is 55.2 cm³/mol. The molecule has 0 aliphatic rings. The Morgan fingerprint density at radius 1 is 1.29 bits per heavy atom. The van der Waals surface area contributed by atoms with E-state index in [1.807, 2.05) is 0 Å². The van der Waals surface area contributed by atoms with Gasteiger partial charge in [-0.25, -0.2) is 9.78 Å². The van der Waals surface area contributed by atoms with E-state index in [2.05, 4.69) is 14.5 Å². The van der Waals surface area contributed by atoms with Crippen molar-refractivity contribution in [1.82, 2.24) is 4.98 Å². The van der Waals surface area contributed by atoms with Gasteiger partial charge in [-0.1, -0.05) is 0 Å². The number of esters is 1. The molecule has 0 saturated heterocycles. The maximum atomic E-state index is 12.9. The van der Waals surface area contributed by atoms with Gasteiger partial charge in [-0.3, -0.25) is 0 Å². The number of nitrogens with two attached hydrogens (primary N) is 1. The van der Waals surface area contributed by atoms with Gasteiger partial charge in [0.15, 0.2) is 0 Å². The summed E-state index contributed by atoms with van der Waals surface area (Å²) in [7, 11) is 0.885. The lowest BCUT2D eigenvalue weighted by molar-refractivity contribution is -0.277. The number of aromatic nitrogens is 1. The summed E-state index contributed by atoms with van der Waals surface area (Å²) in [6.45, 7) is -0.865. The quantitative estimate of drug-likeness (QED) is 0.683. The fraction of sp³-hybridized carbons (Fsp3) is 0.400. The van der Waals surface area contributed by atoms with Gasteiger partial charge in [0.25, 0.3) is 0 Å². The number of alkyl halides is 6. The van der Waals surface area contributed by atoms with Gasteiger partial charge < -0.3 is 15.2 Å². The number of carbonyl (C=O) groups is 1. The van der Waals surface area contributed by atoms with Crippen molar-refractivity contribution in [2.24, 2.45) is 5.73 Å². The summed E-state index contributed by atoms with van der Waals surface area (Å²) in [5.41, 5.74) is 1.64. The molecule has 118 valence electrons. The van der Waals surface area contributed by atoms with Crippen LogP contribution in [0, 0.1) is 0 Å². The average Bonchev–Trinajstić information content (AvgIpc) is 2.33. The van der Waals surface area contributed by atoms with Crippen LogP contribution in [0.15, 0.2) is 6.20 Å². The molecule has 1 rings (SSSR count). The second-order valence-electron chi connectivity index (χ2n) is 3.57. The molecule has 0 radical (unpaired) electrons. The number of halogens is 6. The number of ether oxygens (including phenoxy) is 2. The highest BCUT2D eigenvalue weighted by atomic mass is 19.4. The van der Waals surface area contributed by atoms with E-state index in [9.17, 15) is 31.1 Å². The van der Waals surface area contributed by atoms with Crippen molar-refractivity contribution in [3.8, 4) is 5.88 Å². The molecule has 0 aliphatic heterocycles. The molecule has 0 aromatic carbocycles. The molecule has 1 aromatic heterocycles. The Balaban J connectivity index is 3.58. The molecule has 2 N–H and O–H groups in total. The fourth-order valence-electron chi connectivity index (χ4n) is 1.51. The summed E-state index contributed by atoms with van der Waals surface area (Å²) >= 11 is 0.